The number of benzene rings is 5. The number of pyridine rings is 3. The zero-order valence-electron chi connectivity index (χ0n) is 82.2. The maximum Gasteiger partial charge on any atom is 0.228 e. The lowest BCUT2D eigenvalue weighted by Crippen LogP contribution is -2.25. The van der Waals surface area contributed by atoms with Crippen LogP contribution in [0.5, 0.6) is 28.7 Å². The van der Waals surface area contributed by atoms with Gasteiger partial charge in [0.2, 0.25) is 17.2 Å². The minimum atomic E-state index is -0.445. The van der Waals surface area contributed by atoms with Crippen molar-refractivity contribution in [1.29, 1.82) is 0 Å². The summed E-state index contributed by atoms with van der Waals surface area (Å²) in [5, 5.41) is 20.8. The number of para-hydroxylation sites is 2. The highest BCUT2D eigenvalue weighted by Crippen LogP contribution is 2.50. The Kier molecular flexibility index (Phi) is 32.1. The second-order valence-corrected chi connectivity index (χ2v) is 38.6. The summed E-state index contributed by atoms with van der Waals surface area (Å²) < 4.78 is 73.2. The zero-order valence-corrected chi connectivity index (χ0v) is 83.7. The fourth-order valence-corrected chi connectivity index (χ4v) is 20.6. The highest BCUT2D eigenvalue weighted by molar-refractivity contribution is 6.28. The number of ether oxygens (including phenoxy) is 5. The Morgan fingerprint density at radius 3 is 1.11 bits per heavy atom. The van der Waals surface area contributed by atoms with Crippen molar-refractivity contribution in [3.8, 4) is 62.9 Å². The molecule has 31 heteroatoms. The molecular weight excluding hydrogens is 1830 g/mol. The number of nitrogens with two attached hydrogens (primary N) is 2. The average molecular weight is 1950 g/mol. The second kappa shape index (κ2) is 45.0. The van der Waals surface area contributed by atoms with Gasteiger partial charge in [-0.3, -0.25) is 25.6 Å². The van der Waals surface area contributed by atoms with Crippen molar-refractivity contribution in [2.45, 2.75) is 220 Å². The molecule has 9 aromatic heterocycles. The number of nitrogen functional groups attached to an aromatic ring is 1. The van der Waals surface area contributed by atoms with Gasteiger partial charge >= 0.3 is 0 Å². The van der Waals surface area contributed by atoms with Gasteiger partial charge in [0, 0.05) is 105 Å². The molecule has 9 aliphatic rings. The predicted octanol–water partition coefficient (Wildman–Crippen LogP) is 23.5. The highest BCUT2D eigenvalue weighted by Gasteiger charge is 2.36. The number of nitrogens with zero attached hydrogens (tertiary/aromatic N) is 15. The van der Waals surface area contributed by atoms with Crippen molar-refractivity contribution in [2.24, 2.45) is 23.4 Å². The van der Waals surface area contributed by atoms with E-state index in [-0.39, 0.29) is 47.5 Å². The second-order valence-electron chi connectivity index (χ2n) is 38.3. The van der Waals surface area contributed by atoms with Gasteiger partial charge in [-0.1, -0.05) is 138 Å². The molecule has 7 N–H and O–H groups in total. The van der Waals surface area contributed by atoms with Crippen LogP contribution >= 0.6 is 24.0 Å². The Morgan fingerprint density at radius 2 is 0.738 bits per heavy atom. The van der Waals surface area contributed by atoms with Crippen molar-refractivity contribution < 1.29 is 41.7 Å². The van der Waals surface area contributed by atoms with Gasteiger partial charge < -0.3 is 45.5 Å². The number of allylic oxidation sites excluding steroid dienone is 5. The normalized spacial score (nSPS) is 17.3. The maximum absolute atomic E-state index is 13.9. The monoisotopic (exact) mass is 1950 g/mol. The number of hydrogen-bond acceptors (Lipinski definition) is 23. The number of hydrazine groups is 1. The molecule has 1 fully saturated rings. The number of ketones is 1. The molecule has 26 nitrogen and oxygen atoms in total. The number of rotatable bonds is 16. The van der Waals surface area contributed by atoms with Crippen molar-refractivity contribution in [3.05, 3.63) is 277 Å². The number of carbonyl (C=O) groups is 1. The van der Waals surface area contributed by atoms with E-state index < -0.39 is 17.5 Å². The molecule has 23 rings (SSSR count). The predicted molar refractivity (Wildman–Crippen MR) is 552 cm³/mol. The van der Waals surface area contributed by atoms with Crippen LogP contribution < -0.4 is 51.3 Å². The summed E-state index contributed by atoms with van der Waals surface area (Å²) >= 11 is 6.11. The van der Waals surface area contributed by atoms with Crippen molar-refractivity contribution in [1.82, 2.24) is 73.7 Å². The largest absolute Gasteiger partial charge is 0.496 e. The molecule has 0 saturated heterocycles. The molecular formula is C110H123Cl2F3N20O6. The quantitative estimate of drug-likeness (QED) is 0.0443. The standard InChI is InChI=1S/2C27H27FN6O.C15H18O.C14H17NO.C13H11ClFN5.C7H10N2O.C7H12O.ClH/c2*1-15(2)23-14-30-34-26(23)32-25(17-9-18(28)13-29-12-17)33-27(34)31-19-8-7-16-10-22-20(21(16)11-19)5-4-6-24(22)35-3;1-10-6-7-11-9-14-12(13(11)8-10)4-3-5-15(14)16-2;1-16-14-4-2-3-11-12-8-10(15)6-5-9(12)7-13(11)14;1-7(2)10-6-17-20-12(10)18-11(19-13(20)14)8-3-9(15)5-16-4-8;1-10-7-5-3-2-4-6(7)9-8;1-6-2-4-7(8)5-3-6;/h2*4-6,9,12-15,19H,7-8,10-11H2,1-3H3,(H,31,32,33);3-5,10H,6-9H2,1-2H3;2-4,10H,5-8,15H2,1H3;3-7H,1-2H3;2-5,9H,8H2,1H3;6H,2-5H2,1H3;1H/t19-;;;;;;;/m1......./s1. The van der Waals surface area contributed by atoms with Gasteiger partial charge in [0.25, 0.3) is 0 Å². The van der Waals surface area contributed by atoms with Crippen LogP contribution in [0.1, 0.15) is 237 Å². The number of carbonyl (C=O) groups excluding carboxylic acids is 1. The molecule has 1 saturated carbocycles. The minimum Gasteiger partial charge on any atom is -0.496 e. The molecule has 0 radical (unpaired) electrons. The van der Waals surface area contributed by atoms with Gasteiger partial charge in [-0.2, -0.15) is 43.8 Å². The third-order valence-corrected chi connectivity index (χ3v) is 28.2. The third-order valence-electron chi connectivity index (χ3n) is 27.9. The number of hydrogen-bond donors (Lipinski definition) is 5. The topological polar surface area (TPSA) is 319 Å². The van der Waals surface area contributed by atoms with Gasteiger partial charge in [-0.25, -0.2) is 28.1 Å². The van der Waals surface area contributed by atoms with Crippen LogP contribution in [0.15, 0.2) is 193 Å². The number of halogens is 5. The Balaban J connectivity index is 0.000000125. The summed E-state index contributed by atoms with van der Waals surface area (Å²) in [4.78, 5) is 50.0. The number of aromatic nitrogens is 15. The Bertz CT molecular complexity index is 6730. The fraction of sp³-hybridized carbons (Fsp3) is 0.373. The van der Waals surface area contributed by atoms with Crippen molar-refractivity contribution in [2.75, 3.05) is 51.6 Å². The zero-order chi connectivity index (χ0) is 98.1. The highest BCUT2D eigenvalue weighted by atomic mass is 35.5. The first-order valence-corrected chi connectivity index (χ1v) is 48.9. The van der Waals surface area contributed by atoms with E-state index in [0.29, 0.717) is 63.5 Å². The van der Waals surface area contributed by atoms with Crippen LogP contribution in [0.4, 0.5) is 30.8 Å². The van der Waals surface area contributed by atoms with E-state index in [2.05, 4.69) is 158 Å². The first-order valence-electron chi connectivity index (χ1n) is 48.5. The summed E-state index contributed by atoms with van der Waals surface area (Å²) in [7, 11) is 8.60. The van der Waals surface area contributed by atoms with Gasteiger partial charge in [0.15, 0.2) is 34.4 Å². The van der Waals surface area contributed by atoms with Gasteiger partial charge in [0.1, 0.15) is 52.0 Å². The van der Waals surface area contributed by atoms with E-state index >= 15 is 0 Å². The van der Waals surface area contributed by atoms with Gasteiger partial charge in [0.05, 0.1) is 78.4 Å². The minimum absolute atomic E-state index is 0. The lowest BCUT2D eigenvalue weighted by Gasteiger charge is -2.26. The first kappa shape index (κ1) is 100. The smallest absolute Gasteiger partial charge is 0.228 e. The van der Waals surface area contributed by atoms with Crippen LogP contribution in [0, 0.1) is 29.3 Å². The van der Waals surface area contributed by atoms with Crippen LogP contribution in [-0.4, -0.2) is 133 Å². The Morgan fingerprint density at radius 1 is 0.397 bits per heavy atom. The molecule has 141 heavy (non-hydrogen) atoms. The van der Waals surface area contributed by atoms with E-state index in [1.807, 2.05) is 62.6 Å². The summed E-state index contributed by atoms with van der Waals surface area (Å²) in [6.07, 6.45) is 34.7. The molecule has 0 spiro atoms. The number of methoxy groups -OCH3 is 5. The number of Topliss-reactive ketones (excluding diaryl/α,β-unsaturated/α-hetero) is 1. The number of fused-ring (bicyclic) bond motifs is 11. The molecule has 0 amide bonds. The molecule has 9 heterocycles. The van der Waals surface area contributed by atoms with Gasteiger partial charge in [-0.05, 0) is 256 Å². The molecule has 4 atom stereocenters. The van der Waals surface area contributed by atoms with Crippen molar-refractivity contribution in [3.63, 3.8) is 0 Å². The molecule has 5 aromatic carbocycles. The third kappa shape index (κ3) is 22.3. The number of nitrogens with one attached hydrogen (secondary N) is 3. The maximum atomic E-state index is 13.9. The van der Waals surface area contributed by atoms with E-state index in [1.165, 1.54) is 133 Å². The molecule has 734 valence electrons. The molecule has 0 aliphatic heterocycles. The van der Waals surface area contributed by atoms with E-state index in [0.717, 1.165) is 190 Å². The number of anilines is 3. The summed E-state index contributed by atoms with van der Waals surface area (Å²) in [5.74, 6) is 13.9. The van der Waals surface area contributed by atoms with Crippen LogP contribution in [0.25, 0.3) is 73.4 Å². The average Bonchev–Trinajstić information content (AvgIpc) is 1.62. The van der Waals surface area contributed by atoms with E-state index in [1.54, 1.807) is 79.9 Å². The summed E-state index contributed by atoms with van der Waals surface area (Å²) in [5.41, 5.74) is 39.0. The SMILES string of the molecule is CC(C)c1cnn2c(Cl)nc(-c3cncc(F)c3)nc12.CC1CCC(=O)CC1.COc1cccc2c1CC1=C2CC(C)CC1.COc1cccc2c1CC1=C2CC(N)CC1.COc1cccc2c1CC1=C2CC(Nc2nc(-c3cncc(F)c3)nc3c(C(C)C)cnn23)CC1.COc1cccc2c1CC1=C2C[C@H](Nc2nc(-c3cncc(F)c3)nc3c(C(C)C)cnn23)CC1.COc1ccccc1NN.Cl. The lowest BCUT2D eigenvalue weighted by molar-refractivity contribution is -0.120. The molecule has 9 aliphatic carbocycles. The van der Waals surface area contributed by atoms with Crippen molar-refractivity contribution >= 4 is 86.6 Å². The summed E-state index contributed by atoms with van der Waals surface area (Å²) in [6.45, 7) is 17.1. The Hall–Kier alpha value is -13.5. The lowest BCUT2D eigenvalue weighted by atomic mass is 9.85. The van der Waals surface area contributed by atoms with Crippen LogP contribution in [0.3, 0.4) is 0 Å². The molecule has 0 bridgehead atoms. The van der Waals surface area contributed by atoms with Crippen LogP contribution in [-0.2, 0) is 30.5 Å². The summed E-state index contributed by atoms with van der Waals surface area (Å²) in [6, 6.07) is 37.7. The molecule has 14 aromatic rings. The van der Waals surface area contributed by atoms with Gasteiger partial charge in [-0.15, -0.1) is 12.4 Å². The first-order chi connectivity index (χ1) is 67.8. The fourth-order valence-electron chi connectivity index (χ4n) is 20.4. The van der Waals surface area contributed by atoms with E-state index in [9.17, 15) is 18.0 Å². The van der Waals surface area contributed by atoms with Crippen LogP contribution in [0.2, 0.25) is 5.28 Å². The Labute approximate surface area is 831 Å². The molecule has 3 unspecified atom stereocenters. The van der Waals surface area contributed by atoms with E-state index in [4.69, 9.17) is 66.8 Å².